The molecular formula is C22H29ClN2O2S. The first-order valence-corrected chi connectivity index (χ1v) is 11.0. The van der Waals surface area contributed by atoms with Crippen LogP contribution in [0.5, 0.6) is 0 Å². The SMILES string of the molecule is CC[C@H](C)CN(CC(=O)N(Cc1ccccc1)Cc1ccc(C)s1)C(=O)CCl. The largest absolute Gasteiger partial charge is 0.332 e. The first-order chi connectivity index (χ1) is 13.4. The summed E-state index contributed by atoms with van der Waals surface area (Å²) in [4.78, 5) is 31.2. The van der Waals surface area contributed by atoms with Crippen LogP contribution in [0.3, 0.4) is 0 Å². The number of carbonyl (C=O) groups excluding carboxylic acids is 2. The molecule has 0 fully saturated rings. The maximum Gasteiger partial charge on any atom is 0.242 e. The van der Waals surface area contributed by atoms with Crippen molar-refractivity contribution in [2.24, 2.45) is 5.92 Å². The van der Waals surface area contributed by atoms with Gasteiger partial charge in [0.25, 0.3) is 0 Å². The summed E-state index contributed by atoms with van der Waals surface area (Å²) >= 11 is 7.48. The number of rotatable bonds is 10. The summed E-state index contributed by atoms with van der Waals surface area (Å²) in [5, 5.41) is 0. The van der Waals surface area contributed by atoms with Gasteiger partial charge in [0.1, 0.15) is 5.88 Å². The number of carbonyl (C=O) groups is 2. The number of thiophene rings is 1. The van der Waals surface area contributed by atoms with E-state index < -0.39 is 0 Å². The third-order valence-corrected chi connectivity index (χ3v) is 5.95. The molecule has 152 valence electrons. The molecule has 0 saturated carbocycles. The van der Waals surface area contributed by atoms with Crippen molar-refractivity contribution in [3.8, 4) is 0 Å². The lowest BCUT2D eigenvalue weighted by molar-refractivity contribution is -0.140. The van der Waals surface area contributed by atoms with Gasteiger partial charge in [0, 0.05) is 22.8 Å². The van der Waals surface area contributed by atoms with Crippen LogP contribution >= 0.6 is 22.9 Å². The van der Waals surface area contributed by atoms with Gasteiger partial charge in [-0.05, 0) is 30.5 Å². The molecule has 2 rings (SSSR count). The van der Waals surface area contributed by atoms with Gasteiger partial charge in [0.05, 0.1) is 13.1 Å². The van der Waals surface area contributed by atoms with E-state index in [0.717, 1.165) is 16.9 Å². The maximum absolute atomic E-state index is 13.2. The summed E-state index contributed by atoms with van der Waals surface area (Å²) in [6.45, 7) is 7.88. The van der Waals surface area contributed by atoms with Crippen LogP contribution in [0.1, 0.15) is 35.6 Å². The summed E-state index contributed by atoms with van der Waals surface area (Å²) in [7, 11) is 0. The number of nitrogens with zero attached hydrogens (tertiary/aromatic N) is 2. The Balaban J connectivity index is 2.16. The maximum atomic E-state index is 13.2. The van der Waals surface area contributed by atoms with Crippen molar-refractivity contribution in [3.63, 3.8) is 0 Å². The Kier molecular flexibility index (Phi) is 9.00. The van der Waals surface area contributed by atoms with Gasteiger partial charge in [-0.1, -0.05) is 50.6 Å². The molecule has 0 saturated heterocycles. The summed E-state index contributed by atoms with van der Waals surface area (Å²) in [5.41, 5.74) is 1.07. The lowest BCUT2D eigenvalue weighted by atomic mass is 10.1. The summed E-state index contributed by atoms with van der Waals surface area (Å²) in [6.07, 6.45) is 0.947. The number of aryl methyl sites for hydroxylation is 1. The third-order valence-electron chi connectivity index (χ3n) is 4.73. The summed E-state index contributed by atoms with van der Waals surface area (Å²) < 4.78 is 0. The second kappa shape index (κ2) is 11.2. The van der Waals surface area contributed by atoms with Crippen LogP contribution in [0.4, 0.5) is 0 Å². The zero-order chi connectivity index (χ0) is 20.5. The molecule has 1 atom stereocenters. The van der Waals surface area contributed by atoms with Gasteiger partial charge in [0.15, 0.2) is 0 Å². The van der Waals surface area contributed by atoms with E-state index in [4.69, 9.17) is 11.6 Å². The topological polar surface area (TPSA) is 40.6 Å². The minimum Gasteiger partial charge on any atom is -0.332 e. The van der Waals surface area contributed by atoms with E-state index in [2.05, 4.69) is 32.9 Å². The molecule has 0 spiro atoms. The first kappa shape index (κ1) is 22.4. The van der Waals surface area contributed by atoms with Crippen molar-refractivity contribution in [1.29, 1.82) is 0 Å². The zero-order valence-electron chi connectivity index (χ0n) is 16.9. The monoisotopic (exact) mass is 420 g/mol. The standard InChI is InChI=1S/C22H29ClN2O2S/c1-4-17(2)13-24(21(26)12-23)16-22(27)25(14-19-8-6-5-7-9-19)15-20-11-10-18(3)28-20/h5-11,17H,4,12-16H2,1-3H3/t17-/m0/s1. The summed E-state index contributed by atoms with van der Waals surface area (Å²) in [6, 6.07) is 14.1. The summed E-state index contributed by atoms with van der Waals surface area (Å²) in [5.74, 6) is -0.0342. The second-order valence-corrected chi connectivity index (χ2v) is 8.81. The van der Waals surface area contributed by atoms with Crippen molar-refractivity contribution in [2.45, 2.75) is 40.3 Å². The molecule has 2 aromatic rings. The molecule has 1 heterocycles. The number of halogens is 1. The number of benzene rings is 1. The normalized spacial score (nSPS) is 11.9. The van der Waals surface area contributed by atoms with Crippen molar-refractivity contribution in [1.82, 2.24) is 9.80 Å². The predicted molar refractivity (Wildman–Crippen MR) is 117 cm³/mol. The van der Waals surface area contributed by atoms with Gasteiger partial charge in [0.2, 0.25) is 11.8 Å². The van der Waals surface area contributed by atoms with Crippen molar-refractivity contribution >= 4 is 34.8 Å². The first-order valence-electron chi connectivity index (χ1n) is 9.63. The molecule has 4 nitrogen and oxygen atoms in total. The molecule has 0 aliphatic carbocycles. The van der Waals surface area contributed by atoms with Crippen LogP contribution in [0.25, 0.3) is 0 Å². The van der Waals surface area contributed by atoms with Crippen LogP contribution < -0.4 is 0 Å². The lowest BCUT2D eigenvalue weighted by Gasteiger charge is -2.29. The molecule has 0 aliphatic rings. The quantitative estimate of drug-likeness (QED) is 0.523. The third kappa shape index (κ3) is 6.95. The van der Waals surface area contributed by atoms with Crippen molar-refractivity contribution in [2.75, 3.05) is 19.0 Å². The highest BCUT2D eigenvalue weighted by Crippen LogP contribution is 2.19. The molecule has 0 N–H and O–H groups in total. The van der Waals surface area contributed by atoms with Gasteiger partial charge < -0.3 is 9.80 Å². The van der Waals surface area contributed by atoms with Gasteiger partial charge in [-0.15, -0.1) is 22.9 Å². The smallest absolute Gasteiger partial charge is 0.242 e. The van der Waals surface area contributed by atoms with Gasteiger partial charge in [-0.2, -0.15) is 0 Å². The van der Waals surface area contributed by atoms with Crippen LogP contribution in [-0.2, 0) is 22.7 Å². The Morgan fingerprint density at radius 3 is 2.32 bits per heavy atom. The van der Waals surface area contributed by atoms with E-state index in [0.29, 0.717) is 25.6 Å². The van der Waals surface area contributed by atoms with Crippen molar-refractivity contribution < 1.29 is 9.59 Å². The number of hydrogen-bond acceptors (Lipinski definition) is 3. The second-order valence-electron chi connectivity index (χ2n) is 7.17. The Bertz CT molecular complexity index is 763. The number of alkyl halides is 1. The average molecular weight is 421 g/mol. The molecule has 2 amide bonds. The minimum atomic E-state index is -0.193. The minimum absolute atomic E-state index is 0.0586. The van der Waals surface area contributed by atoms with Crippen LogP contribution in [0.2, 0.25) is 0 Å². The molecule has 0 unspecified atom stereocenters. The van der Waals surface area contributed by atoms with E-state index in [-0.39, 0.29) is 24.2 Å². The lowest BCUT2D eigenvalue weighted by Crippen LogP contribution is -2.44. The van der Waals surface area contributed by atoms with Gasteiger partial charge in [-0.3, -0.25) is 9.59 Å². The van der Waals surface area contributed by atoms with Gasteiger partial charge in [-0.25, -0.2) is 0 Å². The molecule has 1 aromatic carbocycles. The van der Waals surface area contributed by atoms with Crippen LogP contribution in [-0.4, -0.2) is 40.6 Å². The van der Waals surface area contributed by atoms with Crippen LogP contribution in [0.15, 0.2) is 42.5 Å². The molecule has 0 bridgehead atoms. The fourth-order valence-corrected chi connectivity index (χ4v) is 3.98. The Hall–Kier alpha value is -1.85. The molecule has 6 heteroatoms. The van der Waals surface area contributed by atoms with E-state index in [1.165, 1.54) is 4.88 Å². The fraction of sp³-hybridized carbons (Fsp3) is 0.455. The van der Waals surface area contributed by atoms with Crippen molar-refractivity contribution in [3.05, 3.63) is 57.8 Å². The predicted octanol–water partition coefficient (Wildman–Crippen LogP) is 4.70. The molecule has 28 heavy (non-hydrogen) atoms. The van der Waals surface area contributed by atoms with E-state index in [1.807, 2.05) is 35.2 Å². The molecular weight excluding hydrogens is 392 g/mol. The Labute approximate surface area is 177 Å². The molecule has 0 aliphatic heterocycles. The average Bonchev–Trinajstić information content (AvgIpc) is 3.11. The Morgan fingerprint density at radius 2 is 1.75 bits per heavy atom. The highest BCUT2D eigenvalue weighted by molar-refractivity contribution is 7.11. The highest BCUT2D eigenvalue weighted by atomic mass is 35.5. The zero-order valence-corrected chi connectivity index (χ0v) is 18.4. The number of amides is 2. The highest BCUT2D eigenvalue weighted by Gasteiger charge is 2.22. The van der Waals surface area contributed by atoms with E-state index >= 15 is 0 Å². The van der Waals surface area contributed by atoms with Gasteiger partial charge >= 0.3 is 0 Å². The van der Waals surface area contributed by atoms with E-state index in [9.17, 15) is 9.59 Å². The number of hydrogen-bond donors (Lipinski definition) is 0. The molecule has 1 aromatic heterocycles. The molecule has 0 radical (unpaired) electrons. The van der Waals surface area contributed by atoms with Crippen LogP contribution in [0, 0.1) is 12.8 Å². The Morgan fingerprint density at radius 1 is 1.04 bits per heavy atom. The van der Waals surface area contributed by atoms with E-state index in [1.54, 1.807) is 16.2 Å². The fourth-order valence-electron chi connectivity index (χ4n) is 2.90.